The van der Waals surface area contributed by atoms with Crippen molar-refractivity contribution in [2.75, 3.05) is 47.6 Å². The molecule has 2 N–H and O–H groups in total. The summed E-state index contributed by atoms with van der Waals surface area (Å²) in [6, 6.07) is 25.5. The van der Waals surface area contributed by atoms with Crippen molar-refractivity contribution in [3.05, 3.63) is 115 Å². The van der Waals surface area contributed by atoms with Crippen LogP contribution in [0.25, 0.3) is 0 Å². The highest BCUT2D eigenvalue weighted by molar-refractivity contribution is 6.72. The van der Waals surface area contributed by atoms with Crippen LogP contribution in [0.1, 0.15) is 48.9 Å². The molecule has 4 aliphatic rings. The van der Waals surface area contributed by atoms with Crippen LogP contribution in [0.4, 0.5) is 21.2 Å². The maximum Gasteiger partial charge on any atom is 0.264 e. The van der Waals surface area contributed by atoms with Crippen LogP contribution in [-0.4, -0.2) is 84.9 Å². The average molecular weight is 764 g/mol. The summed E-state index contributed by atoms with van der Waals surface area (Å²) in [6.07, 6.45) is 4.70. The Balaban J connectivity index is 1.13. The third kappa shape index (κ3) is 6.12. The minimum Gasteiger partial charge on any atom is -0.395 e. The summed E-state index contributed by atoms with van der Waals surface area (Å²) in [4.78, 5) is 35.2. The number of carbonyl (C=O) groups is 2. The lowest BCUT2D eigenvalue weighted by atomic mass is 9.82. The van der Waals surface area contributed by atoms with Crippen molar-refractivity contribution >= 4 is 37.3 Å². The van der Waals surface area contributed by atoms with E-state index in [1.165, 1.54) is 0 Å². The summed E-state index contributed by atoms with van der Waals surface area (Å²) in [5.74, 6) is -1.01. The molecule has 3 aromatic carbocycles. The summed E-state index contributed by atoms with van der Waals surface area (Å²) in [6.45, 7) is 11.7. The van der Waals surface area contributed by atoms with Crippen LogP contribution in [0.5, 0.6) is 0 Å². The fraction of sp³-hybridized carbons (Fsp3) is 0.429. The van der Waals surface area contributed by atoms with Crippen molar-refractivity contribution in [1.82, 2.24) is 20.3 Å². The number of nitrogens with zero attached hydrogens (tertiary/aromatic N) is 6. The zero-order valence-electron chi connectivity index (χ0n) is 31.8. The number of amides is 2. The van der Waals surface area contributed by atoms with E-state index in [-0.39, 0.29) is 30.9 Å². The van der Waals surface area contributed by atoms with Gasteiger partial charge in [0.1, 0.15) is 5.54 Å². The third-order valence-electron chi connectivity index (χ3n) is 12.4. The molecule has 3 fully saturated rings. The van der Waals surface area contributed by atoms with Gasteiger partial charge in [0, 0.05) is 47.7 Å². The van der Waals surface area contributed by atoms with E-state index < -0.39 is 37.1 Å². The molecule has 5 atom stereocenters. The van der Waals surface area contributed by atoms with Crippen LogP contribution in [0.3, 0.4) is 0 Å². The summed E-state index contributed by atoms with van der Waals surface area (Å²) in [5.41, 5.74) is 1.97. The predicted octanol–water partition coefficient (Wildman–Crippen LogP) is 5.73. The van der Waals surface area contributed by atoms with E-state index in [1.54, 1.807) is 28.8 Å². The summed E-state index contributed by atoms with van der Waals surface area (Å²) >= 11 is 0. The normalized spacial score (nSPS) is 25.3. The number of benzene rings is 3. The number of aryl methyl sites for hydroxylation is 1. The number of piperidine rings is 1. The number of carbonyl (C=O) groups excluding carboxylic acids is 2. The lowest BCUT2D eigenvalue weighted by Gasteiger charge is -2.39. The average Bonchev–Trinajstić information content (AvgIpc) is 3.91. The number of fused-ring (bicyclic) bond motifs is 2. The first-order valence-electron chi connectivity index (χ1n) is 19.4. The van der Waals surface area contributed by atoms with Gasteiger partial charge in [-0.25, -0.2) is 0 Å². The molecule has 2 amide bonds. The second-order valence-corrected chi connectivity index (χ2v) is 19.7. The zero-order chi connectivity index (χ0) is 38.5. The highest BCUT2D eigenvalue weighted by atomic mass is 28.4. The Morgan fingerprint density at radius 3 is 2.42 bits per heavy atom. The maximum absolute atomic E-state index is 16.6. The van der Waals surface area contributed by atoms with Gasteiger partial charge >= 0.3 is 0 Å². The maximum atomic E-state index is 16.6. The Labute approximate surface area is 322 Å². The lowest BCUT2D eigenvalue weighted by Crippen LogP contribution is -2.55. The van der Waals surface area contributed by atoms with Gasteiger partial charge in [-0.05, 0) is 81.3 Å². The summed E-state index contributed by atoms with van der Waals surface area (Å²) in [5, 5.41) is 22.4. The molecule has 4 aliphatic heterocycles. The first-order valence-corrected chi connectivity index (χ1v) is 22.3. The zero-order valence-corrected chi connectivity index (χ0v) is 32.8. The molecule has 0 bridgehead atoms. The Hall–Kier alpha value is -4.69. The number of aliphatic hydroxyl groups is 1. The van der Waals surface area contributed by atoms with E-state index in [9.17, 15) is 14.7 Å². The Bertz CT molecular complexity index is 2050. The highest BCUT2D eigenvalue weighted by Crippen LogP contribution is 2.60. The fourth-order valence-electron chi connectivity index (χ4n) is 9.85. The quantitative estimate of drug-likeness (QED) is 0.113. The molecule has 0 saturated carbocycles. The smallest absolute Gasteiger partial charge is 0.264 e. The van der Waals surface area contributed by atoms with Crippen molar-refractivity contribution in [1.29, 1.82) is 0 Å². The first kappa shape index (κ1) is 37.2. The van der Waals surface area contributed by atoms with Crippen LogP contribution >= 0.6 is 0 Å². The minimum absolute atomic E-state index is 0.0375. The van der Waals surface area contributed by atoms with Crippen LogP contribution in [-0.2, 0) is 26.5 Å². The molecule has 5 heterocycles. The number of anilines is 3. The molecule has 1 aromatic heterocycles. The Morgan fingerprint density at radius 1 is 1.04 bits per heavy atom. The van der Waals surface area contributed by atoms with E-state index in [0.717, 1.165) is 24.3 Å². The number of halogens is 1. The number of nitrogens with one attached hydrogen (secondary N) is 1. The minimum atomic E-state index is -3.43. The molecule has 55 heavy (non-hydrogen) atoms. The van der Waals surface area contributed by atoms with E-state index in [4.69, 9.17) is 4.74 Å². The number of hydrogen-bond acceptors (Lipinski definition) is 8. The van der Waals surface area contributed by atoms with Crippen molar-refractivity contribution in [3.8, 4) is 0 Å². The SMILES string of the molecule is C=CCN1C(=O)[C@]2(O[C@H](CCn3cc(C(CO)c4ccccc4)nn3)[C@@H]([Si](C)(C)F)[C@@H]2C)c2cc(N3CN(c4ccccc4)C4(CCNCC4)C3=O)ccc21. The summed E-state index contributed by atoms with van der Waals surface area (Å²) in [7, 11) is -3.43. The van der Waals surface area contributed by atoms with Crippen LogP contribution in [0.2, 0.25) is 18.6 Å². The molecule has 288 valence electrons. The molecule has 2 spiro atoms. The second-order valence-electron chi connectivity index (χ2n) is 15.9. The Kier molecular flexibility index (Phi) is 9.77. The number of hydrogen-bond donors (Lipinski definition) is 2. The molecule has 13 heteroatoms. The van der Waals surface area contributed by atoms with Crippen molar-refractivity contribution in [3.63, 3.8) is 0 Å². The van der Waals surface area contributed by atoms with Gasteiger partial charge in [0.2, 0.25) is 8.41 Å². The van der Waals surface area contributed by atoms with E-state index in [0.29, 0.717) is 55.1 Å². The number of aliphatic hydroxyl groups excluding tert-OH is 1. The Morgan fingerprint density at radius 2 is 1.75 bits per heavy atom. The van der Waals surface area contributed by atoms with Crippen LogP contribution in [0.15, 0.2) is 97.7 Å². The molecular weight excluding hydrogens is 714 g/mol. The lowest BCUT2D eigenvalue weighted by molar-refractivity contribution is -0.145. The fourth-order valence-corrected chi connectivity index (χ4v) is 12.4. The predicted molar refractivity (Wildman–Crippen MR) is 213 cm³/mol. The van der Waals surface area contributed by atoms with Gasteiger partial charge in [-0.3, -0.25) is 19.2 Å². The van der Waals surface area contributed by atoms with Gasteiger partial charge in [0.15, 0.2) is 5.60 Å². The first-order chi connectivity index (χ1) is 26.5. The van der Waals surface area contributed by atoms with Gasteiger partial charge in [-0.1, -0.05) is 66.7 Å². The molecule has 0 radical (unpaired) electrons. The van der Waals surface area contributed by atoms with Gasteiger partial charge in [-0.15, -0.1) is 11.7 Å². The number of para-hydroxylation sites is 1. The topological polar surface area (TPSA) is 116 Å². The molecule has 8 rings (SSSR count). The summed E-state index contributed by atoms with van der Waals surface area (Å²) < 4.78 is 25.4. The van der Waals surface area contributed by atoms with Crippen molar-refractivity contribution in [2.45, 2.75) is 74.5 Å². The molecule has 1 unspecified atom stereocenters. The molecule has 4 aromatic rings. The molecule has 11 nitrogen and oxygen atoms in total. The van der Waals surface area contributed by atoms with Crippen LogP contribution in [0, 0.1) is 5.92 Å². The number of ether oxygens (including phenoxy) is 1. The molecule has 3 saturated heterocycles. The van der Waals surface area contributed by atoms with Gasteiger partial charge in [0.05, 0.1) is 36.7 Å². The second kappa shape index (κ2) is 14.4. The highest BCUT2D eigenvalue weighted by Gasteiger charge is 2.67. The van der Waals surface area contributed by atoms with E-state index in [2.05, 4.69) is 39.2 Å². The van der Waals surface area contributed by atoms with Gasteiger partial charge in [0.25, 0.3) is 11.8 Å². The van der Waals surface area contributed by atoms with Crippen LogP contribution < -0.4 is 20.0 Å². The monoisotopic (exact) mass is 763 g/mol. The standard InChI is InChI=1S/C42H50FN7O4Si/c1-5-23-48-36-17-16-32(49-28-50(31-14-10-7-11-15-31)41(39(49)52)19-21-44-22-20-41)25-34(36)42(40(48)53)29(2)38(55(3,4)43)37(54-42)18-24-47-26-35(45-46-47)33(27-51)30-12-8-6-9-13-30/h5-17,25-26,29,33,37-38,44,51H,1,18-24,27-28H2,2-4H3/t29-,33?,37+,38-,42+/m0/s1. The van der Waals surface area contributed by atoms with Crippen molar-refractivity contribution < 1.29 is 23.5 Å². The number of aromatic nitrogens is 3. The molecular formula is C42H50FN7O4Si. The van der Waals surface area contributed by atoms with E-state index >= 15 is 4.11 Å². The number of rotatable bonds is 11. The molecule has 0 aliphatic carbocycles. The van der Waals surface area contributed by atoms with Gasteiger partial charge in [-0.2, -0.15) is 0 Å². The van der Waals surface area contributed by atoms with Gasteiger partial charge < -0.3 is 29.1 Å². The van der Waals surface area contributed by atoms with Crippen molar-refractivity contribution in [2.24, 2.45) is 5.92 Å². The largest absolute Gasteiger partial charge is 0.395 e. The van der Waals surface area contributed by atoms with E-state index in [1.807, 2.05) is 84.8 Å². The third-order valence-corrected chi connectivity index (χ3v) is 14.9.